The van der Waals surface area contributed by atoms with Gasteiger partial charge in [-0.2, -0.15) is 4.99 Å². The third-order valence-electron chi connectivity index (χ3n) is 3.77. The smallest absolute Gasteiger partial charge is 0.343 e. The number of nitrogens with one attached hydrogen (secondary N) is 1. The maximum atomic E-state index is 12.5. The number of nitrogens with zero attached hydrogens (tertiary/aromatic N) is 2. The van der Waals surface area contributed by atoms with Gasteiger partial charge in [0.15, 0.2) is 11.8 Å². The van der Waals surface area contributed by atoms with Gasteiger partial charge in [0.05, 0.1) is 9.92 Å². The van der Waals surface area contributed by atoms with Crippen LogP contribution in [0.25, 0.3) is 10.8 Å². The normalized spacial score (nSPS) is 13.2. The highest BCUT2D eigenvalue weighted by atomic mass is 35.5. The minimum atomic E-state index is -4.21. The number of sulfonamides is 1. The Kier molecular flexibility index (Phi) is 6.14. The number of hydrogen-bond acceptors (Lipinski definition) is 7. The van der Waals surface area contributed by atoms with Crippen molar-refractivity contribution in [2.24, 2.45) is 27.6 Å². The van der Waals surface area contributed by atoms with Crippen LogP contribution in [0.1, 0.15) is 20.8 Å². The molecule has 152 valence electrons. The zero-order chi connectivity index (χ0) is 21.3. The number of benzene rings is 1. The molecule has 0 amide bonds. The van der Waals surface area contributed by atoms with E-state index in [-0.39, 0.29) is 21.7 Å². The molecule has 0 aliphatic rings. The molecule has 0 spiro atoms. The number of rotatable bonds is 5. The van der Waals surface area contributed by atoms with Gasteiger partial charge in [-0.05, 0) is 22.4 Å². The molecule has 1 aromatic carbocycles. The van der Waals surface area contributed by atoms with Crippen molar-refractivity contribution < 1.29 is 18.0 Å². The molecule has 10 nitrogen and oxygen atoms in total. The summed E-state index contributed by atoms with van der Waals surface area (Å²) in [6.07, 6.45) is 1.34. The van der Waals surface area contributed by atoms with Crippen LogP contribution < -0.4 is 22.1 Å². The van der Waals surface area contributed by atoms with Gasteiger partial charge < -0.3 is 22.0 Å². The van der Waals surface area contributed by atoms with Gasteiger partial charge in [0, 0.05) is 17.0 Å². The van der Waals surface area contributed by atoms with Crippen molar-refractivity contribution in [3.05, 3.63) is 29.4 Å². The van der Waals surface area contributed by atoms with Crippen molar-refractivity contribution in [1.82, 2.24) is 9.87 Å². The molecule has 0 saturated carbocycles. The van der Waals surface area contributed by atoms with Gasteiger partial charge in [-0.15, -0.1) is 0 Å². The largest absolute Gasteiger partial charge is 0.370 e. The number of hydrogen-bond donors (Lipinski definition) is 4. The number of aliphatic imine (C=N–C) groups is 1. The van der Waals surface area contributed by atoms with Crippen molar-refractivity contribution in [2.75, 3.05) is 0 Å². The fourth-order valence-electron chi connectivity index (χ4n) is 2.11. The van der Waals surface area contributed by atoms with Crippen molar-refractivity contribution in [3.8, 4) is 0 Å². The molecule has 0 bridgehead atoms. The third-order valence-corrected chi connectivity index (χ3v) is 5.25. The fourth-order valence-corrected chi connectivity index (χ4v) is 3.13. The number of carbonyl (C=O) groups excluding carboxylic acids is 1. The first-order valence-electron chi connectivity index (χ1n) is 7.99. The summed E-state index contributed by atoms with van der Waals surface area (Å²) >= 11 is 6.09. The lowest BCUT2D eigenvalue weighted by molar-refractivity contribution is -0.151. The fraction of sp³-hybridized carbons (Fsp3) is 0.312. The summed E-state index contributed by atoms with van der Waals surface area (Å²) in [5.74, 6) is -1.08. The molecule has 1 aromatic heterocycles. The quantitative estimate of drug-likeness (QED) is 0.308. The minimum Gasteiger partial charge on any atom is -0.370 e. The van der Waals surface area contributed by atoms with Crippen molar-refractivity contribution in [2.45, 2.75) is 31.7 Å². The van der Waals surface area contributed by atoms with Crippen LogP contribution >= 0.6 is 11.6 Å². The van der Waals surface area contributed by atoms with Crippen LogP contribution in [0.3, 0.4) is 0 Å². The minimum absolute atomic E-state index is 0.0863. The molecule has 2 rings (SSSR count). The summed E-state index contributed by atoms with van der Waals surface area (Å²) in [6.45, 7) is 5.16. The van der Waals surface area contributed by atoms with E-state index in [4.69, 9.17) is 28.8 Å². The molecule has 0 unspecified atom stereocenters. The maximum absolute atomic E-state index is 12.5. The van der Waals surface area contributed by atoms with Gasteiger partial charge in [-0.25, -0.2) is 18.2 Å². The van der Waals surface area contributed by atoms with E-state index in [1.807, 2.05) is 0 Å². The number of pyridine rings is 1. The van der Waals surface area contributed by atoms with E-state index in [9.17, 15) is 13.2 Å². The Hall–Kier alpha value is -2.47. The first-order valence-corrected chi connectivity index (χ1v) is 9.85. The molecule has 0 fully saturated rings. The zero-order valence-electron chi connectivity index (χ0n) is 15.4. The van der Waals surface area contributed by atoms with Crippen LogP contribution in [0.4, 0.5) is 5.82 Å². The molecular weight excluding hydrogens is 408 g/mol. The molecule has 0 saturated heterocycles. The Morgan fingerprint density at radius 1 is 1.29 bits per heavy atom. The summed E-state index contributed by atoms with van der Waals surface area (Å²) in [4.78, 5) is 26.0. The molecule has 7 N–H and O–H groups in total. The van der Waals surface area contributed by atoms with Crippen LogP contribution in [0.15, 0.2) is 34.3 Å². The lowest BCUT2D eigenvalue weighted by Gasteiger charge is -2.24. The lowest BCUT2D eigenvalue weighted by Crippen LogP contribution is -2.45. The molecule has 0 radical (unpaired) electrons. The van der Waals surface area contributed by atoms with E-state index in [0.29, 0.717) is 10.8 Å². The van der Waals surface area contributed by atoms with E-state index < -0.39 is 27.4 Å². The van der Waals surface area contributed by atoms with Gasteiger partial charge in [0.2, 0.25) is 0 Å². The molecule has 0 aliphatic carbocycles. The Balaban J connectivity index is 2.38. The van der Waals surface area contributed by atoms with Crippen molar-refractivity contribution in [3.63, 3.8) is 0 Å². The Labute approximate surface area is 167 Å². The molecule has 2 aromatic rings. The summed E-state index contributed by atoms with van der Waals surface area (Å²) in [5, 5.41) is 1.06. The highest BCUT2D eigenvalue weighted by Gasteiger charge is 2.30. The molecular formula is C16H21ClN6O4S. The number of guanidine groups is 1. The second kappa shape index (κ2) is 7.87. The third kappa shape index (κ3) is 4.87. The second-order valence-electron chi connectivity index (χ2n) is 7.03. The van der Waals surface area contributed by atoms with Crippen molar-refractivity contribution >= 4 is 50.1 Å². The summed E-state index contributed by atoms with van der Waals surface area (Å²) in [6, 6.07) is 2.98. The molecule has 28 heavy (non-hydrogen) atoms. The van der Waals surface area contributed by atoms with Gasteiger partial charge in [0.25, 0.3) is 10.0 Å². The van der Waals surface area contributed by atoms with E-state index in [2.05, 4.69) is 14.8 Å². The van der Waals surface area contributed by atoms with Crippen LogP contribution in [-0.2, 0) is 19.7 Å². The van der Waals surface area contributed by atoms with E-state index >= 15 is 0 Å². The van der Waals surface area contributed by atoms with Gasteiger partial charge in [0.1, 0.15) is 6.04 Å². The van der Waals surface area contributed by atoms with Gasteiger partial charge in [-0.1, -0.05) is 38.4 Å². The molecule has 0 aliphatic heterocycles. The highest BCUT2D eigenvalue weighted by molar-refractivity contribution is 7.89. The summed E-state index contributed by atoms with van der Waals surface area (Å²) in [5.41, 5.74) is 15.9. The molecule has 1 heterocycles. The lowest BCUT2D eigenvalue weighted by atomic mass is 9.88. The van der Waals surface area contributed by atoms with E-state index in [1.165, 1.54) is 24.4 Å². The average molecular weight is 429 g/mol. The number of aromatic nitrogens is 1. The topological polar surface area (TPSA) is 176 Å². The zero-order valence-corrected chi connectivity index (χ0v) is 17.0. The summed E-state index contributed by atoms with van der Waals surface area (Å²) < 4.78 is 25.0. The number of carbonyl (C=O) groups is 1. The number of fused-ring (bicyclic) bond motifs is 1. The average Bonchev–Trinajstić information content (AvgIpc) is 2.60. The highest BCUT2D eigenvalue weighted by Crippen LogP contribution is 2.31. The van der Waals surface area contributed by atoms with E-state index in [1.54, 1.807) is 25.7 Å². The molecule has 12 heteroatoms. The van der Waals surface area contributed by atoms with Crippen molar-refractivity contribution in [1.29, 1.82) is 0 Å². The van der Waals surface area contributed by atoms with Crippen LogP contribution in [0, 0.1) is 5.41 Å². The van der Waals surface area contributed by atoms with E-state index in [0.717, 1.165) is 0 Å². The van der Waals surface area contributed by atoms with Crippen LogP contribution in [0.5, 0.6) is 0 Å². The Bertz CT molecular complexity index is 1050. The SMILES string of the molecule is CC(C)(C)[C@H](N)C(=O)ONS(=O)(=O)c1ccc2c(Cl)cnc(N=C(N)N)c2c1. The van der Waals surface area contributed by atoms with Crippen LogP contribution in [-0.4, -0.2) is 31.4 Å². The number of nitrogens with two attached hydrogens (primary N) is 3. The Morgan fingerprint density at radius 3 is 2.50 bits per heavy atom. The predicted octanol–water partition coefficient (Wildman–Crippen LogP) is 0.903. The van der Waals surface area contributed by atoms with Gasteiger partial charge in [-0.3, -0.25) is 0 Å². The Morgan fingerprint density at radius 2 is 1.93 bits per heavy atom. The molecule has 1 atom stereocenters. The first kappa shape index (κ1) is 21.8. The van der Waals surface area contributed by atoms with Gasteiger partial charge >= 0.3 is 5.97 Å². The number of halogens is 1. The standard InChI is InChI=1S/C16H21ClN6O4S/c1-16(2,3)12(18)14(24)27-23-28(25,26)8-4-5-9-10(6-8)13(22-15(19)20)21-7-11(9)17/h4-7,12,23H,18H2,1-3H3,(H4,19,20,21,22)/t12-/m1/s1. The monoisotopic (exact) mass is 428 g/mol. The first-order chi connectivity index (χ1) is 12.8. The maximum Gasteiger partial charge on any atom is 0.343 e. The summed E-state index contributed by atoms with van der Waals surface area (Å²) in [7, 11) is -4.21. The predicted molar refractivity (Wildman–Crippen MR) is 106 cm³/mol. The second-order valence-corrected chi connectivity index (χ2v) is 9.08. The van der Waals surface area contributed by atoms with Crippen LogP contribution in [0.2, 0.25) is 5.02 Å².